The fourth-order valence-electron chi connectivity index (χ4n) is 2.44. The van der Waals surface area contributed by atoms with Gasteiger partial charge in [0, 0.05) is 11.1 Å². The lowest BCUT2D eigenvalue weighted by Gasteiger charge is -2.15. The van der Waals surface area contributed by atoms with Crippen LogP contribution in [0.1, 0.15) is 18.5 Å². The first-order valence-electron chi connectivity index (χ1n) is 7.86. The topological polar surface area (TPSA) is 71.8 Å². The number of aromatic nitrogens is 3. The van der Waals surface area contributed by atoms with E-state index in [2.05, 4.69) is 20.7 Å². The van der Waals surface area contributed by atoms with Crippen molar-refractivity contribution >= 4 is 23.2 Å². The average molecular weight is 356 g/mol. The summed E-state index contributed by atoms with van der Waals surface area (Å²) in [6.45, 7) is 2.20. The molecule has 1 aromatic heterocycles. The van der Waals surface area contributed by atoms with Crippen LogP contribution in [0.5, 0.6) is 0 Å². The van der Waals surface area contributed by atoms with Crippen LogP contribution in [0.4, 0.5) is 5.69 Å². The van der Waals surface area contributed by atoms with Gasteiger partial charge in [-0.25, -0.2) is 9.67 Å². The lowest BCUT2D eigenvalue weighted by molar-refractivity contribution is -0.115. The molecule has 0 saturated heterocycles. The summed E-state index contributed by atoms with van der Waals surface area (Å²) in [5.41, 5.74) is 2.41. The van der Waals surface area contributed by atoms with E-state index < -0.39 is 0 Å². The summed E-state index contributed by atoms with van der Waals surface area (Å²) < 4.78 is 1.58. The lowest BCUT2D eigenvalue weighted by atomic mass is 10.1. The van der Waals surface area contributed by atoms with Gasteiger partial charge < -0.3 is 10.6 Å². The van der Waals surface area contributed by atoms with Crippen LogP contribution in [0.2, 0.25) is 5.02 Å². The summed E-state index contributed by atoms with van der Waals surface area (Å²) in [6.07, 6.45) is 3.00. The molecule has 2 aromatic carbocycles. The predicted octanol–water partition coefficient (Wildman–Crippen LogP) is 3.21. The zero-order valence-corrected chi connectivity index (χ0v) is 14.4. The Labute approximate surface area is 150 Å². The van der Waals surface area contributed by atoms with Gasteiger partial charge in [0.2, 0.25) is 5.91 Å². The van der Waals surface area contributed by atoms with E-state index in [1.807, 2.05) is 37.3 Å². The molecule has 0 aliphatic carbocycles. The van der Waals surface area contributed by atoms with E-state index in [1.165, 1.54) is 6.33 Å². The molecule has 7 heteroatoms. The van der Waals surface area contributed by atoms with Crippen molar-refractivity contribution in [3.05, 3.63) is 71.8 Å². The minimum absolute atomic E-state index is 0.0705. The zero-order valence-electron chi connectivity index (χ0n) is 13.7. The number of rotatable bonds is 6. The lowest BCUT2D eigenvalue weighted by Crippen LogP contribution is -2.30. The summed E-state index contributed by atoms with van der Waals surface area (Å²) in [5.74, 6) is -0.161. The molecule has 0 spiro atoms. The minimum Gasteiger partial charge on any atom is -0.323 e. The third-order valence-electron chi connectivity index (χ3n) is 3.77. The highest BCUT2D eigenvalue weighted by molar-refractivity contribution is 6.31. The molecule has 0 saturated carbocycles. The molecule has 3 aromatic rings. The molecule has 0 bridgehead atoms. The van der Waals surface area contributed by atoms with E-state index in [4.69, 9.17) is 11.6 Å². The number of nitrogens with one attached hydrogen (secondary N) is 2. The van der Waals surface area contributed by atoms with Gasteiger partial charge in [0.05, 0.1) is 17.9 Å². The van der Waals surface area contributed by atoms with Crippen molar-refractivity contribution in [1.82, 2.24) is 20.1 Å². The maximum Gasteiger partial charge on any atom is 0.238 e. The van der Waals surface area contributed by atoms with E-state index in [0.29, 0.717) is 16.4 Å². The molecular formula is C18H18ClN5O. The molecule has 0 radical (unpaired) electrons. The van der Waals surface area contributed by atoms with Gasteiger partial charge in [0.25, 0.3) is 0 Å². The number of anilines is 1. The number of halogens is 1. The summed E-state index contributed by atoms with van der Waals surface area (Å²) in [5, 5.41) is 10.7. The van der Waals surface area contributed by atoms with Gasteiger partial charge in [0.15, 0.2) is 0 Å². The van der Waals surface area contributed by atoms with Crippen molar-refractivity contribution in [2.75, 3.05) is 11.9 Å². The first kappa shape index (κ1) is 17.1. The Bertz CT molecular complexity index is 836. The van der Waals surface area contributed by atoms with Gasteiger partial charge in [-0.15, -0.1) is 0 Å². The van der Waals surface area contributed by atoms with E-state index in [1.54, 1.807) is 29.2 Å². The first-order chi connectivity index (χ1) is 12.1. The van der Waals surface area contributed by atoms with Crippen molar-refractivity contribution in [2.45, 2.75) is 13.0 Å². The Morgan fingerprint density at radius 3 is 2.76 bits per heavy atom. The fourth-order valence-corrected chi connectivity index (χ4v) is 2.61. The molecule has 128 valence electrons. The highest BCUT2D eigenvalue weighted by Gasteiger charge is 2.11. The Balaban J connectivity index is 1.66. The van der Waals surface area contributed by atoms with Crippen molar-refractivity contribution in [2.24, 2.45) is 0 Å². The maximum absolute atomic E-state index is 12.3. The molecule has 0 aliphatic rings. The molecule has 6 nitrogen and oxygen atoms in total. The van der Waals surface area contributed by atoms with Crippen LogP contribution in [0.3, 0.4) is 0 Å². The van der Waals surface area contributed by atoms with E-state index in [-0.39, 0.29) is 18.5 Å². The molecule has 2 N–H and O–H groups in total. The SMILES string of the molecule is C[C@H](NCC(=O)Nc1cc(Cl)ccc1-n1cncn1)c1ccccc1. The van der Waals surface area contributed by atoms with Gasteiger partial charge in [-0.1, -0.05) is 41.9 Å². The largest absolute Gasteiger partial charge is 0.323 e. The van der Waals surface area contributed by atoms with Crippen LogP contribution in [0, 0.1) is 0 Å². The third-order valence-corrected chi connectivity index (χ3v) is 4.00. The number of amides is 1. The van der Waals surface area contributed by atoms with E-state index in [9.17, 15) is 4.79 Å². The smallest absolute Gasteiger partial charge is 0.238 e. The van der Waals surface area contributed by atoms with Gasteiger partial charge in [-0.2, -0.15) is 5.10 Å². The minimum atomic E-state index is -0.161. The molecule has 0 aliphatic heterocycles. The number of hydrogen-bond acceptors (Lipinski definition) is 4. The second-order valence-corrected chi connectivity index (χ2v) is 6.00. The molecule has 0 unspecified atom stereocenters. The number of carbonyl (C=O) groups excluding carboxylic acids is 1. The van der Waals surface area contributed by atoms with Gasteiger partial charge >= 0.3 is 0 Å². The van der Waals surface area contributed by atoms with Crippen LogP contribution in [0.25, 0.3) is 5.69 Å². The Morgan fingerprint density at radius 1 is 1.24 bits per heavy atom. The molecule has 3 rings (SSSR count). The average Bonchev–Trinajstić information content (AvgIpc) is 3.15. The van der Waals surface area contributed by atoms with Gasteiger partial charge in [-0.05, 0) is 30.7 Å². The third kappa shape index (κ3) is 4.43. The maximum atomic E-state index is 12.3. The van der Waals surface area contributed by atoms with Crippen LogP contribution in [0.15, 0.2) is 61.2 Å². The first-order valence-corrected chi connectivity index (χ1v) is 8.24. The molecule has 1 atom stereocenters. The number of benzene rings is 2. The summed E-state index contributed by atoms with van der Waals surface area (Å²) in [6, 6.07) is 15.3. The Kier molecular flexibility index (Phi) is 5.42. The monoisotopic (exact) mass is 355 g/mol. The van der Waals surface area contributed by atoms with Crippen molar-refractivity contribution in [3.8, 4) is 5.69 Å². The van der Waals surface area contributed by atoms with Gasteiger partial charge in [-0.3, -0.25) is 4.79 Å². The zero-order chi connectivity index (χ0) is 17.6. The molecular weight excluding hydrogens is 338 g/mol. The van der Waals surface area contributed by atoms with E-state index in [0.717, 1.165) is 5.56 Å². The molecule has 25 heavy (non-hydrogen) atoms. The van der Waals surface area contributed by atoms with Crippen LogP contribution in [-0.4, -0.2) is 27.2 Å². The number of nitrogens with zero attached hydrogens (tertiary/aromatic N) is 3. The van der Waals surface area contributed by atoms with Crippen LogP contribution in [-0.2, 0) is 4.79 Å². The second kappa shape index (κ2) is 7.92. The van der Waals surface area contributed by atoms with E-state index >= 15 is 0 Å². The van der Waals surface area contributed by atoms with Crippen LogP contribution < -0.4 is 10.6 Å². The van der Waals surface area contributed by atoms with Crippen molar-refractivity contribution < 1.29 is 4.79 Å². The number of hydrogen-bond donors (Lipinski definition) is 2. The Morgan fingerprint density at radius 2 is 2.04 bits per heavy atom. The Hall–Kier alpha value is -2.70. The van der Waals surface area contributed by atoms with Gasteiger partial charge in [0.1, 0.15) is 12.7 Å². The van der Waals surface area contributed by atoms with Crippen molar-refractivity contribution in [1.29, 1.82) is 0 Å². The highest BCUT2D eigenvalue weighted by Crippen LogP contribution is 2.23. The molecule has 1 amide bonds. The second-order valence-electron chi connectivity index (χ2n) is 5.56. The quantitative estimate of drug-likeness (QED) is 0.712. The standard InChI is InChI=1S/C18H18ClN5O/c1-13(14-5-3-2-4-6-14)21-10-18(25)23-16-9-15(19)7-8-17(16)24-12-20-11-22-24/h2-9,11-13,21H,10H2,1H3,(H,23,25)/t13-/m0/s1. The summed E-state index contributed by atoms with van der Waals surface area (Å²) in [4.78, 5) is 16.2. The molecule has 0 fully saturated rings. The summed E-state index contributed by atoms with van der Waals surface area (Å²) in [7, 11) is 0. The predicted molar refractivity (Wildman–Crippen MR) is 97.9 cm³/mol. The normalized spacial score (nSPS) is 11.9. The van der Waals surface area contributed by atoms with Crippen molar-refractivity contribution in [3.63, 3.8) is 0 Å². The molecule has 1 heterocycles. The van der Waals surface area contributed by atoms with Crippen LogP contribution >= 0.6 is 11.6 Å². The number of carbonyl (C=O) groups is 1. The fraction of sp³-hybridized carbons (Fsp3) is 0.167. The highest BCUT2D eigenvalue weighted by atomic mass is 35.5. The summed E-state index contributed by atoms with van der Waals surface area (Å²) >= 11 is 6.06.